The van der Waals surface area contributed by atoms with Gasteiger partial charge in [-0.15, -0.1) is 0 Å². The van der Waals surface area contributed by atoms with Crippen molar-refractivity contribution in [3.05, 3.63) is 43.5 Å². The van der Waals surface area contributed by atoms with Crippen LogP contribution in [0.5, 0.6) is 0 Å². The molecule has 0 radical (unpaired) electrons. The number of pyridine rings is 1. The van der Waals surface area contributed by atoms with E-state index in [4.69, 9.17) is 5.73 Å². The minimum absolute atomic E-state index is 0.0263. The maximum Gasteiger partial charge on any atom is 0.246 e. The predicted octanol–water partition coefficient (Wildman–Crippen LogP) is 1.34. The topological polar surface area (TPSA) is 117 Å². The highest BCUT2D eigenvalue weighted by Gasteiger charge is 2.25. The minimum Gasteiger partial charge on any atom is -0.382 e. The number of amides is 2. The maximum absolute atomic E-state index is 11.9. The van der Waals surface area contributed by atoms with Crippen LogP contribution in [0.4, 0.5) is 23.0 Å². The van der Waals surface area contributed by atoms with E-state index in [-0.39, 0.29) is 17.8 Å². The van der Waals surface area contributed by atoms with Crippen molar-refractivity contribution in [1.29, 1.82) is 0 Å². The number of hydrogen-bond acceptors (Lipinski definition) is 7. The number of anilines is 4. The number of likely N-dealkylation sites (tertiary alicyclic amines) is 1. The summed E-state index contributed by atoms with van der Waals surface area (Å²) in [5, 5.41) is 3.31. The van der Waals surface area contributed by atoms with Crippen LogP contribution < -0.4 is 16.0 Å². The van der Waals surface area contributed by atoms with Gasteiger partial charge in [-0.05, 0) is 31.1 Å². The van der Waals surface area contributed by atoms with Crippen LogP contribution >= 0.6 is 0 Å². The van der Waals surface area contributed by atoms with Crippen LogP contribution in [0.1, 0.15) is 12.8 Å². The second kappa shape index (κ2) is 8.26. The summed E-state index contributed by atoms with van der Waals surface area (Å²) >= 11 is 0. The molecule has 9 heteroatoms. The zero-order valence-corrected chi connectivity index (χ0v) is 14.8. The van der Waals surface area contributed by atoms with Crippen molar-refractivity contribution in [3.8, 4) is 0 Å². The summed E-state index contributed by atoms with van der Waals surface area (Å²) in [5.74, 6) is 0.505. The van der Waals surface area contributed by atoms with E-state index < -0.39 is 0 Å². The normalized spacial score (nSPS) is 16.4. The third-order valence-corrected chi connectivity index (χ3v) is 4.39. The summed E-state index contributed by atoms with van der Waals surface area (Å²) < 4.78 is 0. The molecule has 0 bridgehead atoms. The molecule has 0 aromatic carbocycles. The second-order valence-electron chi connectivity index (χ2n) is 6.11. The number of hydrogen-bond donors (Lipinski definition) is 2. The zero-order valence-electron chi connectivity index (χ0n) is 14.8. The molecule has 2 amide bonds. The fourth-order valence-electron chi connectivity index (χ4n) is 3.10. The van der Waals surface area contributed by atoms with Crippen LogP contribution in [0.3, 0.4) is 0 Å². The lowest BCUT2D eigenvalue weighted by Gasteiger charge is -2.33. The fourth-order valence-corrected chi connectivity index (χ4v) is 3.10. The molecule has 0 saturated carbocycles. The first-order valence-corrected chi connectivity index (χ1v) is 8.57. The minimum atomic E-state index is -0.102. The average Bonchev–Trinajstić information content (AvgIpc) is 2.71. The number of nitrogens with one attached hydrogen (secondary N) is 1. The number of nitrogens with two attached hydrogens (primary N) is 1. The smallest absolute Gasteiger partial charge is 0.246 e. The highest BCUT2D eigenvalue weighted by Crippen LogP contribution is 2.34. The average molecular weight is 367 g/mol. The van der Waals surface area contributed by atoms with Gasteiger partial charge in [0.1, 0.15) is 12.0 Å². The first-order chi connectivity index (χ1) is 13.1. The Morgan fingerprint density at radius 1 is 1.37 bits per heavy atom. The van der Waals surface area contributed by atoms with Crippen molar-refractivity contribution >= 4 is 35.3 Å². The van der Waals surface area contributed by atoms with Gasteiger partial charge in [0.25, 0.3) is 0 Å². The molecule has 2 aromatic rings. The van der Waals surface area contributed by atoms with Crippen LogP contribution in [-0.4, -0.2) is 51.3 Å². The van der Waals surface area contributed by atoms with E-state index >= 15 is 0 Å². The molecule has 140 valence electrons. The molecule has 0 spiro atoms. The van der Waals surface area contributed by atoms with E-state index in [9.17, 15) is 9.59 Å². The Kier molecular flexibility index (Phi) is 5.60. The molecule has 9 nitrogen and oxygen atoms in total. The SMILES string of the molecule is C=CC(=O)N1CCC[C@@H](Nc2ncnc(N)c2N(C=O)c2ccncc2)C1. The molecule has 0 aliphatic carbocycles. The molecule has 1 fully saturated rings. The van der Waals surface area contributed by atoms with E-state index in [0.29, 0.717) is 36.7 Å². The van der Waals surface area contributed by atoms with E-state index in [0.717, 1.165) is 12.8 Å². The molecule has 1 saturated heterocycles. The molecular weight excluding hydrogens is 346 g/mol. The third kappa shape index (κ3) is 4.02. The first kappa shape index (κ1) is 18.3. The Bertz CT molecular complexity index is 828. The second-order valence-corrected chi connectivity index (χ2v) is 6.11. The van der Waals surface area contributed by atoms with Crippen molar-refractivity contribution in [2.75, 3.05) is 29.0 Å². The molecule has 3 N–H and O–H groups in total. The monoisotopic (exact) mass is 367 g/mol. The number of piperidine rings is 1. The fraction of sp³-hybridized carbons (Fsp3) is 0.278. The molecule has 1 atom stereocenters. The molecule has 0 unspecified atom stereocenters. The van der Waals surface area contributed by atoms with Gasteiger partial charge in [0.15, 0.2) is 11.6 Å². The molecule has 1 aliphatic heterocycles. The Hall–Kier alpha value is -3.49. The van der Waals surface area contributed by atoms with Crippen molar-refractivity contribution in [2.45, 2.75) is 18.9 Å². The highest BCUT2D eigenvalue weighted by molar-refractivity contribution is 5.95. The van der Waals surface area contributed by atoms with Crippen LogP contribution in [0, 0.1) is 0 Å². The van der Waals surface area contributed by atoms with Gasteiger partial charge in [-0.1, -0.05) is 6.58 Å². The van der Waals surface area contributed by atoms with Gasteiger partial charge < -0.3 is 16.0 Å². The number of carbonyl (C=O) groups is 2. The van der Waals surface area contributed by atoms with Crippen molar-refractivity contribution in [1.82, 2.24) is 19.9 Å². The zero-order chi connectivity index (χ0) is 19.2. The van der Waals surface area contributed by atoms with Crippen LogP contribution in [0.15, 0.2) is 43.5 Å². The van der Waals surface area contributed by atoms with Gasteiger partial charge in [0, 0.05) is 31.5 Å². The Balaban J connectivity index is 1.88. The number of carbonyl (C=O) groups excluding carboxylic acids is 2. The third-order valence-electron chi connectivity index (χ3n) is 4.39. The summed E-state index contributed by atoms with van der Waals surface area (Å²) in [5.41, 5.74) is 7.01. The van der Waals surface area contributed by atoms with Gasteiger partial charge in [0.05, 0.1) is 5.69 Å². The van der Waals surface area contributed by atoms with Crippen LogP contribution in [-0.2, 0) is 9.59 Å². The quantitative estimate of drug-likeness (QED) is 0.584. The van der Waals surface area contributed by atoms with Crippen LogP contribution in [0.2, 0.25) is 0 Å². The van der Waals surface area contributed by atoms with Gasteiger partial charge in [-0.3, -0.25) is 19.5 Å². The molecule has 3 heterocycles. The summed E-state index contributed by atoms with van der Waals surface area (Å²) in [6, 6.07) is 3.35. The summed E-state index contributed by atoms with van der Waals surface area (Å²) in [4.78, 5) is 39.0. The molecular formula is C18H21N7O2. The Labute approximate surface area is 156 Å². The summed E-state index contributed by atoms with van der Waals surface area (Å²) in [6.07, 6.45) is 8.19. The van der Waals surface area contributed by atoms with E-state index in [1.165, 1.54) is 17.3 Å². The van der Waals surface area contributed by atoms with Crippen LogP contribution in [0.25, 0.3) is 0 Å². The van der Waals surface area contributed by atoms with Gasteiger partial charge in [-0.2, -0.15) is 0 Å². The summed E-state index contributed by atoms with van der Waals surface area (Å²) in [7, 11) is 0. The standard InChI is InChI=1S/C18H21N7O2/c1-2-15(27)24-9-3-4-13(10-24)23-18-16(17(19)21-11-22-18)25(12-26)14-5-7-20-8-6-14/h2,5-8,11-13H,1,3-4,9-10H2,(H3,19,21,22,23)/t13-/m1/s1. The molecule has 27 heavy (non-hydrogen) atoms. The van der Waals surface area contributed by atoms with E-state index in [1.54, 1.807) is 29.4 Å². The number of nitrogen functional groups attached to an aromatic ring is 1. The molecule has 2 aromatic heterocycles. The lowest BCUT2D eigenvalue weighted by molar-refractivity contribution is -0.127. The largest absolute Gasteiger partial charge is 0.382 e. The Morgan fingerprint density at radius 3 is 2.85 bits per heavy atom. The predicted molar refractivity (Wildman–Crippen MR) is 102 cm³/mol. The Morgan fingerprint density at radius 2 is 2.15 bits per heavy atom. The first-order valence-electron chi connectivity index (χ1n) is 8.57. The molecule has 1 aliphatic rings. The lowest BCUT2D eigenvalue weighted by atomic mass is 10.1. The van der Waals surface area contributed by atoms with Gasteiger partial charge in [-0.25, -0.2) is 9.97 Å². The number of nitrogens with zero attached hydrogens (tertiary/aromatic N) is 5. The maximum atomic E-state index is 11.9. The van der Waals surface area contributed by atoms with E-state index in [2.05, 4.69) is 26.8 Å². The highest BCUT2D eigenvalue weighted by atomic mass is 16.2. The van der Waals surface area contributed by atoms with E-state index in [1.807, 2.05) is 0 Å². The molecule has 3 rings (SSSR count). The van der Waals surface area contributed by atoms with Crippen molar-refractivity contribution in [3.63, 3.8) is 0 Å². The van der Waals surface area contributed by atoms with Gasteiger partial charge >= 0.3 is 0 Å². The van der Waals surface area contributed by atoms with Crippen molar-refractivity contribution < 1.29 is 9.59 Å². The van der Waals surface area contributed by atoms with Gasteiger partial charge in [0.2, 0.25) is 12.3 Å². The summed E-state index contributed by atoms with van der Waals surface area (Å²) in [6.45, 7) is 4.75. The number of rotatable bonds is 6. The lowest BCUT2D eigenvalue weighted by Crippen LogP contribution is -2.44. The number of aromatic nitrogens is 3. The van der Waals surface area contributed by atoms with Crippen molar-refractivity contribution in [2.24, 2.45) is 0 Å².